The van der Waals surface area contributed by atoms with Crippen molar-refractivity contribution in [3.05, 3.63) is 28.8 Å². The summed E-state index contributed by atoms with van der Waals surface area (Å²) in [6, 6.07) is 4.87. The molecule has 3 heterocycles. The van der Waals surface area contributed by atoms with Gasteiger partial charge in [-0.15, -0.1) is 0 Å². The molecule has 178 valence electrons. The molecule has 9 heteroatoms. The Kier molecular flexibility index (Phi) is 7.34. The van der Waals surface area contributed by atoms with Gasteiger partial charge in [0.05, 0.1) is 24.0 Å². The normalized spacial score (nSPS) is 29.4. The van der Waals surface area contributed by atoms with Crippen molar-refractivity contribution in [2.45, 2.75) is 81.7 Å². The molecule has 1 N–H and O–H groups in total. The average Bonchev–Trinajstić information content (AvgIpc) is 2.78. The number of hydrogen-bond donors (Lipinski definition) is 1. The molecule has 2 fully saturated rings. The summed E-state index contributed by atoms with van der Waals surface area (Å²) in [6.07, 6.45) is 5.28. The molecule has 1 amide bonds. The van der Waals surface area contributed by atoms with E-state index in [-0.39, 0.29) is 30.7 Å². The summed E-state index contributed by atoms with van der Waals surface area (Å²) in [5.74, 6) is 0.879. The molecule has 0 aromatic heterocycles. The second kappa shape index (κ2) is 9.87. The summed E-state index contributed by atoms with van der Waals surface area (Å²) in [7, 11) is -3.46. The van der Waals surface area contributed by atoms with Gasteiger partial charge in [-0.3, -0.25) is 4.79 Å². The number of sulfonamides is 1. The number of hydrogen-bond acceptors (Lipinski definition) is 5. The molecule has 2 atom stereocenters. The molecule has 1 aromatic rings. The molecule has 5 rings (SSSR count). The molecule has 32 heavy (non-hydrogen) atoms. The average molecular weight is 485 g/mol. The van der Waals surface area contributed by atoms with Crippen molar-refractivity contribution >= 4 is 27.5 Å². The molecule has 7 nitrogen and oxygen atoms in total. The molecule has 1 saturated heterocycles. The van der Waals surface area contributed by atoms with E-state index in [4.69, 9.17) is 21.1 Å². The lowest BCUT2D eigenvalue weighted by atomic mass is 9.82. The summed E-state index contributed by atoms with van der Waals surface area (Å²) < 4.78 is 40.3. The fourth-order valence-electron chi connectivity index (χ4n) is 5.02. The van der Waals surface area contributed by atoms with E-state index in [0.717, 1.165) is 37.7 Å². The van der Waals surface area contributed by atoms with Crippen LogP contribution >= 0.6 is 11.6 Å². The molecule has 0 radical (unpaired) electrons. The molecule has 2 bridgehead atoms. The van der Waals surface area contributed by atoms with Gasteiger partial charge in [0.15, 0.2) is 6.61 Å². The highest BCUT2D eigenvalue weighted by Crippen LogP contribution is 2.40. The molecule has 4 aliphatic rings. The van der Waals surface area contributed by atoms with E-state index in [1.165, 1.54) is 0 Å². The number of ether oxygens (including phenoxy) is 2. The molecule has 0 spiro atoms. The number of halogens is 1. The lowest BCUT2D eigenvalue weighted by Crippen LogP contribution is -2.60. The number of amides is 1. The number of carbonyl (C=O) groups is 1. The Hall–Kier alpha value is -1.35. The number of nitrogens with zero attached hydrogens (tertiary/aromatic N) is 1. The van der Waals surface area contributed by atoms with Crippen molar-refractivity contribution in [3.63, 3.8) is 0 Å². The van der Waals surface area contributed by atoms with E-state index in [2.05, 4.69) is 4.72 Å². The van der Waals surface area contributed by atoms with Gasteiger partial charge in [0.25, 0.3) is 5.91 Å². The van der Waals surface area contributed by atoms with Gasteiger partial charge in [0.2, 0.25) is 10.0 Å². The molecular weight excluding hydrogens is 452 g/mol. The summed E-state index contributed by atoms with van der Waals surface area (Å²) in [6.45, 7) is 4.11. The van der Waals surface area contributed by atoms with Gasteiger partial charge in [0.1, 0.15) is 5.75 Å². The number of benzene rings is 1. The summed E-state index contributed by atoms with van der Waals surface area (Å²) in [4.78, 5) is 14.9. The lowest BCUT2D eigenvalue weighted by Gasteiger charge is -2.42. The number of nitrogens with one attached hydrogen (secondary N) is 1. The second-order valence-electron chi connectivity index (χ2n) is 9.39. The van der Waals surface area contributed by atoms with E-state index in [0.29, 0.717) is 36.3 Å². The van der Waals surface area contributed by atoms with Gasteiger partial charge in [0, 0.05) is 17.6 Å². The first-order valence-corrected chi connectivity index (χ1v) is 13.5. The fraction of sp³-hybridized carbons (Fsp3) is 0.696. The zero-order valence-corrected chi connectivity index (χ0v) is 20.3. The first-order valence-electron chi connectivity index (χ1n) is 11.6. The van der Waals surface area contributed by atoms with Crippen molar-refractivity contribution in [1.29, 1.82) is 0 Å². The van der Waals surface area contributed by atoms with Gasteiger partial charge in [-0.05, 0) is 82.1 Å². The molecule has 1 aromatic carbocycles. The Bertz CT molecular complexity index is 930. The maximum absolute atomic E-state index is 13.2. The van der Waals surface area contributed by atoms with Crippen molar-refractivity contribution in [2.75, 3.05) is 19.8 Å². The monoisotopic (exact) mass is 484 g/mol. The van der Waals surface area contributed by atoms with Gasteiger partial charge in [-0.2, -0.15) is 0 Å². The van der Waals surface area contributed by atoms with Crippen LogP contribution in [0.1, 0.15) is 63.9 Å². The Morgan fingerprint density at radius 2 is 1.91 bits per heavy atom. The zero-order valence-electron chi connectivity index (χ0n) is 18.8. The van der Waals surface area contributed by atoms with E-state index in [1.54, 1.807) is 24.8 Å². The van der Waals surface area contributed by atoms with Gasteiger partial charge in [-0.1, -0.05) is 11.6 Å². The number of carbonyl (C=O) groups excluding carboxylic acids is 1. The number of fused-ring (bicyclic) bond motifs is 5. The SMILES string of the molecule is CC(C)S(=O)(=O)N[C@H]1CCCN2C(=O)COc3ccc(Cl)cc3[C@H]3CC[C@H](CC3)OC[C@@H]12. The van der Waals surface area contributed by atoms with Crippen molar-refractivity contribution in [2.24, 2.45) is 0 Å². The molecular formula is C23H33ClN2O5S. The minimum absolute atomic E-state index is 0.0923. The van der Waals surface area contributed by atoms with Gasteiger partial charge < -0.3 is 14.4 Å². The van der Waals surface area contributed by atoms with Crippen LogP contribution in [0.3, 0.4) is 0 Å². The van der Waals surface area contributed by atoms with Crippen molar-refractivity contribution in [3.8, 4) is 5.75 Å². The highest BCUT2D eigenvalue weighted by molar-refractivity contribution is 7.90. The minimum Gasteiger partial charge on any atom is -0.483 e. The van der Waals surface area contributed by atoms with Gasteiger partial charge in [-0.25, -0.2) is 13.1 Å². The van der Waals surface area contributed by atoms with E-state index in [9.17, 15) is 13.2 Å². The lowest BCUT2D eigenvalue weighted by molar-refractivity contribution is -0.140. The molecule has 1 saturated carbocycles. The third kappa shape index (κ3) is 5.24. The molecule has 0 unspecified atom stereocenters. The highest BCUT2D eigenvalue weighted by Gasteiger charge is 2.38. The van der Waals surface area contributed by atoms with Gasteiger partial charge >= 0.3 is 0 Å². The predicted molar refractivity (Wildman–Crippen MR) is 124 cm³/mol. The first-order chi connectivity index (χ1) is 15.2. The predicted octanol–water partition coefficient (Wildman–Crippen LogP) is 3.46. The quantitative estimate of drug-likeness (QED) is 0.710. The Morgan fingerprint density at radius 1 is 1.16 bits per heavy atom. The standard InChI is InChI=1S/C23H33ClN2O5S/c1-15(2)32(28,29)25-20-4-3-11-26-21(20)13-30-18-8-5-16(6-9-18)19-12-17(24)7-10-22(19)31-14-23(26)27/h7,10,12,15-16,18,20-21,25H,3-6,8-9,11,13-14H2,1-2H3/t16-,18+,20-,21-/m0/s1. The zero-order chi connectivity index (χ0) is 22.9. The number of rotatable bonds is 3. The Labute approximate surface area is 195 Å². The van der Waals surface area contributed by atoms with E-state index >= 15 is 0 Å². The smallest absolute Gasteiger partial charge is 0.260 e. The van der Waals surface area contributed by atoms with Crippen LogP contribution in [-0.4, -0.2) is 62.4 Å². The Balaban J connectivity index is 1.61. The van der Waals surface area contributed by atoms with Crippen LogP contribution in [0.5, 0.6) is 5.75 Å². The van der Waals surface area contributed by atoms with Crippen LogP contribution in [0, 0.1) is 0 Å². The topological polar surface area (TPSA) is 84.9 Å². The maximum Gasteiger partial charge on any atom is 0.260 e. The van der Waals surface area contributed by atoms with E-state index < -0.39 is 15.3 Å². The van der Waals surface area contributed by atoms with Crippen LogP contribution in [-0.2, 0) is 19.6 Å². The fourth-order valence-corrected chi connectivity index (χ4v) is 6.17. The molecule has 3 aliphatic heterocycles. The Morgan fingerprint density at radius 3 is 2.62 bits per heavy atom. The van der Waals surface area contributed by atoms with E-state index in [1.807, 2.05) is 12.1 Å². The maximum atomic E-state index is 13.2. The summed E-state index contributed by atoms with van der Waals surface area (Å²) >= 11 is 6.26. The second-order valence-corrected chi connectivity index (χ2v) is 12.1. The third-order valence-electron chi connectivity index (χ3n) is 6.98. The summed E-state index contributed by atoms with van der Waals surface area (Å²) in [5.41, 5.74) is 1.06. The highest BCUT2D eigenvalue weighted by atomic mass is 35.5. The minimum atomic E-state index is -3.46. The van der Waals surface area contributed by atoms with Crippen LogP contribution < -0.4 is 9.46 Å². The largest absolute Gasteiger partial charge is 0.483 e. The number of piperidine rings is 1. The third-order valence-corrected chi connectivity index (χ3v) is 9.08. The van der Waals surface area contributed by atoms with Crippen LogP contribution in [0.25, 0.3) is 0 Å². The van der Waals surface area contributed by atoms with Crippen molar-refractivity contribution in [1.82, 2.24) is 9.62 Å². The molecule has 1 aliphatic carbocycles. The van der Waals surface area contributed by atoms with Crippen molar-refractivity contribution < 1.29 is 22.7 Å². The van der Waals surface area contributed by atoms with Crippen LogP contribution in [0.2, 0.25) is 5.02 Å². The van der Waals surface area contributed by atoms with Crippen LogP contribution in [0.15, 0.2) is 18.2 Å². The summed E-state index contributed by atoms with van der Waals surface area (Å²) in [5, 5.41) is 0.129. The van der Waals surface area contributed by atoms with Crippen LogP contribution in [0.4, 0.5) is 0 Å². The first kappa shape index (κ1) is 23.8.